The maximum atomic E-state index is 12.4. The van der Waals surface area contributed by atoms with Crippen molar-refractivity contribution in [2.24, 2.45) is 5.92 Å². The van der Waals surface area contributed by atoms with Gasteiger partial charge in [0, 0.05) is 18.5 Å². The van der Waals surface area contributed by atoms with Gasteiger partial charge in [0.25, 0.3) is 0 Å². The first-order valence-electron chi connectivity index (χ1n) is 8.50. The highest BCUT2D eigenvalue weighted by Crippen LogP contribution is 2.19. The maximum absolute atomic E-state index is 12.4. The van der Waals surface area contributed by atoms with E-state index in [1.165, 1.54) is 12.0 Å². The third-order valence-electron chi connectivity index (χ3n) is 4.32. The summed E-state index contributed by atoms with van der Waals surface area (Å²) in [6.45, 7) is 6.48. The summed E-state index contributed by atoms with van der Waals surface area (Å²) in [5.74, 6) is 1.64. The minimum absolute atomic E-state index is 0.192. The van der Waals surface area contributed by atoms with E-state index >= 15 is 0 Å². The van der Waals surface area contributed by atoms with E-state index in [2.05, 4.69) is 18.8 Å². The average molecular weight is 344 g/mol. The molecule has 0 N–H and O–H groups in total. The van der Waals surface area contributed by atoms with Gasteiger partial charge in [-0.15, -0.1) is 11.3 Å². The van der Waals surface area contributed by atoms with Gasteiger partial charge >= 0.3 is 0 Å². The molecule has 2 aromatic rings. The van der Waals surface area contributed by atoms with Gasteiger partial charge in [0.05, 0.1) is 12.1 Å². The summed E-state index contributed by atoms with van der Waals surface area (Å²) in [5.41, 5.74) is 2.06. The number of ether oxygens (including phenoxy) is 1. The molecule has 24 heavy (non-hydrogen) atoms. The van der Waals surface area contributed by atoms with Crippen LogP contribution >= 0.6 is 11.3 Å². The van der Waals surface area contributed by atoms with Crippen LogP contribution in [0.3, 0.4) is 0 Å². The zero-order valence-corrected chi connectivity index (χ0v) is 15.1. The van der Waals surface area contributed by atoms with Crippen LogP contribution in [0.1, 0.15) is 36.0 Å². The first-order chi connectivity index (χ1) is 11.6. The number of piperidine rings is 1. The summed E-state index contributed by atoms with van der Waals surface area (Å²) in [5, 5.41) is 2.88. The zero-order valence-electron chi connectivity index (χ0n) is 14.3. The van der Waals surface area contributed by atoms with Gasteiger partial charge in [0.15, 0.2) is 0 Å². The predicted octanol–water partition coefficient (Wildman–Crippen LogP) is 3.83. The van der Waals surface area contributed by atoms with E-state index in [1.807, 2.05) is 34.5 Å². The second-order valence-electron chi connectivity index (χ2n) is 6.60. The molecule has 3 rings (SSSR count). The Balaban J connectivity index is 1.51. The summed E-state index contributed by atoms with van der Waals surface area (Å²) in [6.07, 6.45) is 2.73. The highest BCUT2D eigenvalue weighted by molar-refractivity contribution is 7.09. The second-order valence-corrected chi connectivity index (χ2v) is 7.54. The van der Waals surface area contributed by atoms with E-state index < -0.39 is 0 Å². The Kier molecular flexibility index (Phi) is 5.51. The van der Waals surface area contributed by atoms with Crippen molar-refractivity contribution >= 4 is 17.2 Å². The minimum atomic E-state index is 0.192. The van der Waals surface area contributed by atoms with Crippen LogP contribution in [0.2, 0.25) is 0 Å². The zero-order chi connectivity index (χ0) is 16.9. The van der Waals surface area contributed by atoms with E-state index in [4.69, 9.17) is 4.74 Å². The van der Waals surface area contributed by atoms with Crippen molar-refractivity contribution in [1.82, 2.24) is 9.88 Å². The molecule has 1 aromatic carbocycles. The van der Waals surface area contributed by atoms with Gasteiger partial charge in [0.1, 0.15) is 17.4 Å². The van der Waals surface area contributed by atoms with Gasteiger partial charge in [-0.25, -0.2) is 4.98 Å². The van der Waals surface area contributed by atoms with Crippen molar-refractivity contribution in [3.05, 3.63) is 45.9 Å². The average Bonchev–Trinajstić information content (AvgIpc) is 3.02. The highest BCUT2D eigenvalue weighted by Gasteiger charge is 2.21. The fourth-order valence-electron chi connectivity index (χ4n) is 2.96. The Bertz CT molecular complexity index is 681. The van der Waals surface area contributed by atoms with Crippen molar-refractivity contribution in [2.45, 2.75) is 39.7 Å². The van der Waals surface area contributed by atoms with E-state index in [1.54, 1.807) is 11.3 Å². The van der Waals surface area contributed by atoms with E-state index in [0.29, 0.717) is 18.9 Å². The Labute approximate surface area is 147 Å². The molecule has 1 saturated heterocycles. The Hall–Kier alpha value is -1.88. The molecular formula is C19H24N2O2S. The lowest BCUT2D eigenvalue weighted by Crippen LogP contribution is -2.39. The van der Waals surface area contributed by atoms with Crippen LogP contribution in [0.15, 0.2) is 29.6 Å². The van der Waals surface area contributed by atoms with Gasteiger partial charge < -0.3 is 9.64 Å². The van der Waals surface area contributed by atoms with Gasteiger partial charge in [-0.3, -0.25) is 4.79 Å². The second kappa shape index (κ2) is 7.79. The lowest BCUT2D eigenvalue weighted by atomic mass is 10.00. The van der Waals surface area contributed by atoms with Crippen LogP contribution in [0.25, 0.3) is 0 Å². The molecule has 5 heteroatoms. The molecule has 128 valence electrons. The number of likely N-dealkylation sites (tertiary alicyclic amines) is 1. The Morgan fingerprint density at radius 3 is 2.92 bits per heavy atom. The molecule has 2 heterocycles. The fraction of sp³-hybridized carbons (Fsp3) is 0.474. The lowest BCUT2D eigenvalue weighted by Gasteiger charge is -2.30. The molecule has 1 unspecified atom stereocenters. The smallest absolute Gasteiger partial charge is 0.228 e. The molecule has 1 aromatic heterocycles. The molecule has 0 bridgehead atoms. The van der Waals surface area contributed by atoms with Gasteiger partial charge in [-0.1, -0.05) is 24.6 Å². The number of thiazole rings is 1. The maximum Gasteiger partial charge on any atom is 0.228 e. The topological polar surface area (TPSA) is 42.4 Å². The number of nitrogens with zero attached hydrogens (tertiary/aromatic N) is 2. The van der Waals surface area contributed by atoms with Crippen LogP contribution in [0.4, 0.5) is 0 Å². The van der Waals surface area contributed by atoms with E-state index in [9.17, 15) is 4.79 Å². The predicted molar refractivity (Wildman–Crippen MR) is 96.3 cm³/mol. The number of aryl methyl sites for hydroxylation is 1. The summed E-state index contributed by atoms with van der Waals surface area (Å²) in [4.78, 5) is 18.9. The van der Waals surface area contributed by atoms with Gasteiger partial charge in [-0.05, 0) is 37.8 Å². The van der Waals surface area contributed by atoms with Crippen LogP contribution in [-0.2, 0) is 17.8 Å². The largest absolute Gasteiger partial charge is 0.486 e. The fourth-order valence-corrected chi connectivity index (χ4v) is 3.66. The number of carbonyl (C=O) groups excluding carboxylic acids is 1. The third-order valence-corrected chi connectivity index (χ3v) is 5.20. The molecule has 1 fully saturated rings. The molecule has 1 atom stereocenters. The number of aromatic nitrogens is 1. The minimum Gasteiger partial charge on any atom is -0.486 e. The van der Waals surface area contributed by atoms with Crippen molar-refractivity contribution in [3.8, 4) is 5.75 Å². The number of carbonyl (C=O) groups is 1. The van der Waals surface area contributed by atoms with Crippen molar-refractivity contribution in [2.75, 3.05) is 13.1 Å². The van der Waals surface area contributed by atoms with Crippen LogP contribution in [0, 0.1) is 12.8 Å². The molecule has 1 aliphatic heterocycles. The molecule has 0 radical (unpaired) electrons. The number of benzene rings is 1. The van der Waals surface area contributed by atoms with Gasteiger partial charge in [0.2, 0.25) is 5.91 Å². The summed E-state index contributed by atoms with van der Waals surface area (Å²) in [6, 6.07) is 7.98. The molecule has 0 saturated carbocycles. The first-order valence-corrected chi connectivity index (χ1v) is 9.38. The summed E-state index contributed by atoms with van der Waals surface area (Å²) >= 11 is 1.55. The highest BCUT2D eigenvalue weighted by atomic mass is 32.1. The number of hydrogen-bond acceptors (Lipinski definition) is 4. The van der Waals surface area contributed by atoms with Crippen molar-refractivity contribution < 1.29 is 9.53 Å². The normalized spacial score (nSPS) is 17.8. The molecule has 0 spiro atoms. The molecule has 1 amide bonds. The quantitative estimate of drug-likeness (QED) is 0.828. The van der Waals surface area contributed by atoms with Crippen molar-refractivity contribution in [3.63, 3.8) is 0 Å². The molecular weight excluding hydrogens is 320 g/mol. The lowest BCUT2D eigenvalue weighted by molar-refractivity contribution is -0.132. The first kappa shape index (κ1) is 17.0. The number of rotatable bonds is 5. The van der Waals surface area contributed by atoms with E-state index in [0.717, 1.165) is 36.0 Å². The van der Waals surface area contributed by atoms with Crippen molar-refractivity contribution in [1.29, 1.82) is 0 Å². The molecule has 0 aliphatic carbocycles. The Morgan fingerprint density at radius 2 is 2.17 bits per heavy atom. The summed E-state index contributed by atoms with van der Waals surface area (Å²) < 4.78 is 5.75. The van der Waals surface area contributed by atoms with E-state index in [-0.39, 0.29) is 5.91 Å². The molecule has 4 nitrogen and oxygen atoms in total. The SMILES string of the molecule is Cc1ccc(OCc2nc(CC(=O)N3CCCC(C)C3)cs2)cc1. The van der Waals surface area contributed by atoms with Crippen LogP contribution < -0.4 is 4.74 Å². The number of amides is 1. The van der Waals surface area contributed by atoms with Crippen LogP contribution in [0.5, 0.6) is 5.75 Å². The Morgan fingerprint density at radius 1 is 1.38 bits per heavy atom. The monoisotopic (exact) mass is 344 g/mol. The van der Waals surface area contributed by atoms with Crippen LogP contribution in [-0.4, -0.2) is 28.9 Å². The van der Waals surface area contributed by atoms with Gasteiger partial charge in [-0.2, -0.15) is 0 Å². The standard InChI is InChI=1S/C19H24N2O2S/c1-14-5-7-17(8-6-14)23-12-18-20-16(13-24-18)10-19(22)21-9-3-4-15(2)11-21/h5-8,13,15H,3-4,9-12H2,1-2H3. The number of hydrogen-bond donors (Lipinski definition) is 0. The third kappa shape index (κ3) is 4.57. The molecule has 1 aliphatic rings. The summed E-state index contributed by atoms with van der Waals surface area (Å²) in [7, 11) is 0.